The smallest absolute Gasteiger partial charge is 0.230 e. The predicted molar refractivity (Wildman–Crippen MR) is 104 cm³/mol. The Morgan fingerprint density at radius 2 is 1.89 bits per heavy atom. The molecule has 0 spiro atoms. The molecular formula is C20H17N3O3S. The number of ether oxygens (including phenoxy) is 2. The van der Waals surface area contributed by atoms with Crippen LogP contribution in [-0.4, -0.2) is 25.1 Å². The highest BCUT2D eigenvalue weighted by atomic mass is 32.1. The van der Waals surface area contributed by atoms with Gasteiger partial charge >= 0.3 is 0 Å². The maximum absolute atomic E-state index is 12.2. The van der Waals surface area contributed by atoms with Crippen LogP contribution >= 0.6 is 11.3 Å². The first kappa shape index (κ1) is 18.4. The Balaban J connectivity index is 1.68. The predicted octanol–water partition coefficient (Wildman–Crippen LogP) is 3.88. The minimum atomic E-state index is -0.163. The van der Waals surface area contributed by atoms with Gasteiger partial charge in [-0.25, -0.2) is 4.98 Å². The minimum Gasteiger partial charge on any atom is -0.493 e. The maximum Gasteiger partial charge on any atom is 0.230 e. The van der Waals surface area contributed by atoms with Gasteiger partial charge in [-0.15, -0.1) is 11.3 Å². The van der Waals surface area contributed by atoms with Crippen molar-refractivity contribution in [2.45, 2.75) is 6.42 Å². The van der Waals surface area contributed by atoms with Crippen LogP contribution in [-0.2, 0) is 11.2 Å². The quantitative estimate of drug-likeness (QED) is 0.703. The van der Waals surface area contributed by atoms with Crippen LogP contribution < -0.4 is 14.8 Å². The third-order valence-corrected chi connectivity index (χ3v) is 4.76. The molecule has 0 aliphatic heterocycles. The van der Waals surface area contributed by atoms with Crippen LogP contribution in [0.1, 0.15) is 11.3 Å². The number of nitrogens with one attached hydrogen (secondary N) is 1. The zero-order valence-electron chi connectivity index (χ0n) is 14.9. The number of thiazole rings is 1. The molecule has 0 unspecified atom stereocenters. The highest BCUT2D eigenvalue weighted by Crippen LogP contribution is 2.33. The Labute approximate surface area is 161 Å². The van der Waals surface area contributed by atoms with Crippen molar-refractivity contribution < 1.29 is 14.3 Å². The number of rotatable bonds is 6. The summed E-state index contributed by atoms with van der Waals surface area (Å²) in [5, 5.41) is 14.3. The molecule has 6 nitrogen and oxygen atoms in total. The summed E-state index contributed by atoms with van der Waals surface area (Å²) in [5.74, 6) is 1.12. The van der Waals surface area contributed by atoms with Gasteiger partial charge in [-0.1, -0.05) is 0 Å². The van der Waals surface area contributed by atoms with Gasteiger partial charge in [0.05, 0.1) is 38.0 Å². The van der Waals surface area contributed by atoms with E-state index in [-0.39, 0.29) is 12.3 Å². The van der Waals surface area contributed by atoms with Crippen LogP contribution in [0, 0.1) is 11.3 Å². The number of nitrogens with zero attached hydrogens (tertiary/aromatic N) is 2. The second-order valence-corrected chi connectivity index (χ2v) is 6.49. The van der Waals surface area contributed by atoms with Crippen LogP contribution in [0.5, 0.6) is 11.5 Å². The van der Waals surface area contributed by atoms with E-state index in [1.54, 1.807) is 38.5 Å². The first-order valence-corrected chi connectivity index (χ1v) is 8.97. The molecule has 1 aromatic heterocycles. The molecule has 1 heterocycles. The van der Waals surface area contributed by atoms with E-state index in [4.69, 9.17) is 14.7 Å². The molecule has 0 radical (unpaired) electrons. The van der Waals surface area contributed by atoms with Gasteiger partial charge in [0.25, 0.3) is 0 Å². The van der Waals surface area contributed by atoms with Gasteiger partial charge in [-0.05, 0) is 42.5 Å². The van der Waals surface area contributed by atoms with E-state index in [9.17, 15) is 4.79 Å². The number of carbonyl (C=O) groups is 1. The number of nitriles is 1. The molecule has 7 heteroatoms. The van der Waals surface area contributed by atoms with Crippen molar-refractivity contribution in [1.29, 1.82) is 5.26 Å². The van der Waals surface area contributed by atoms with Crippen molar-refractivity contribution in [1.82, 2.24) is 4.98 Å². The largest absolute Gasteiger partial charge is 0.493 e. The summed E-state index contributed by atoms with van der Waals surface area (Å²) < 4.78 is 10.6. The van der Waals surface area contributed by atoms with Gasteiger partial charge in [0.2, 0.25) is 5.91 Å². The summed E-state index contributed by atoms with van der Waals surface area (Å²) in [7, 11) is 3.17. The Morgan fingerprint density at radius 1 is 1.15 bits per heavy atom. The molecule has 0 saturated carbocycles. The third kappa shape index (κ3) is 4.43. The van der Waals surface area contributed by atoms with Crippen molar-refractivity contribution in [2.24, 2.45) is 0 Å². The van der Waals surface area contributed by atoms with Crippen molar-refractivity contribution in [2.75, 3.05) is 19.5 Å². The van der Waals surface area contributed by atoms with Crippen LogP contribution in [0.15, 0.2) is 47.8 Å². The third-order valence-electron chi connectivity index (χ3n) is 3.82. The normalized spacial score (nSPS) is 10.1. The second-order valence-electron chi connectivity index (χ2n) is 5.63. The van der Waals surface area contributed by atoms with Crippen molar-refractivity contribution in [3.05, 3.63) is 59.1 Å². The monoisotopic (exact) mass is 379 g/mol. The molecule has 0 saturated heterocycles. The molecule has 3 aromatic rings. The Morgan fingerprint density at radius 3 is 2.56 bits per heavy atom. The highest BCUT2D eigenvalue weighted by Gasteiger charge is 2.12. The van der Waals surface area contributed by atoms with E-state index in [1.165, 1.54) is 11.3 Å². The summed E-state index contributed by atoms with van der Waals surface area (Å²) in [5.41, 5.74) is 2.79. The average molecular weight is 379 g/mol. The zero-order chi connectivity index (χ0) is 19.2. The molecule has 0 aliphatic rings. The SMILES string of the molecule is COc1ccc(-c2nc(CC(=O)Nc3ccc(C#N)cc3)cs2)cc1OC. The van der Waals surface area contributed by atoms with Crippen molar-refractivity contribution in [3.63, 3.8) is 0 Å². The molecule has 0 fully saturated rings. The first-order chi connectivity index (χ1) is 13.1. The first-order valence-electron chi connectivity index (χ1n) is 8.09. The molecule has 136 valence electrons. The van der Waals surface area contributed by atoms with Crippen molar-refractivity contribution in [3.8, 4) is 28.1 Å². The highest BCUT2D eigenvalue weighted by molar-refractivity contribution is 7.13. The number of aromatic nitrogens is 1. The summed E-state index contributed by atoms with van der Waals surface area (Å²) in [6, 6.07) is 14.4. The van der Waals surface area contributed by atoms with E-state index in [0.29, 0.717) is 28.4 Å². The minimum absolute atomic E-state index is 0.163. The number of carbonyl (C=O) groups excluding carboxylic acids is 1. The molecule has 0 atom stereocenters. The molecule has 0 aliphatic carbocycles. The lowest BCUT2D eigenvalue weighted by atomic mass is 10.2. The molecular weight excluding hydrogens is 362 g/mol. The fourth-order valence-corrected chi connectivity index (χ4v) is 3.30. The van der Waals surface area contributed by atoms with Gasteiger partial charge < -0.3 is 14.8 Å². The number of amides is 1. The summed E-state index contributed by atoms with van der Waals surface area (Å²) in [4.78, 5) is 16.8. The standard InChI is InChI=1S/C20H17N3O3S/c1-25-17-8-5-14(9-18(17)26-2)20-23-16(12-27-20)10-19(24)22-15-6-3-13(11-21)4-7-15/h3-9,12H,10H2,1-2H3,(H,22,24). The number of hydrogen-bond acceptors (Lipinski definition) is 6. The van der Waals surface area contributed by atoms with Crippen LogP contribution in [0.2, 0.25) is 0 Å². The lowest BCUT2D eigenvalue weighted by Gasteiger charge is -2.08. The number of hydrogen-bond donors (Lipinski definition) is 1. The van der Waals surface area contributed by atoms with Crippen LogP contribution in [0.4, 0.5) is 5.69 Å². The van der Waals surface area contributed by atoms with Gasteiger partial charge in [0.15, 0.2) is 11.5 Å². The molecule has 3 rings (SSSR count). The summed E-state index contributed by atoms with van der Waals surface area (Å²) in [6.07, 6.45) is 0.170. The number of anilines is 1. The second kappa shape index (κ2) is 8.34. The number of methoxy groups -OCH3 is 2. The number of benzene rings is 2. The fourth-order valence-electron chi connectivity index (χ4n) is 2.49. The fraction of sp³-hybridized carbons (Fsp3) is 0.150. The molecule has 1 N–H and O–H groups in total. The van der Waals surface area contributed by atoms with E-state index in [1.807, 2.05) is 29.6 Å². The van der Waals surface area contributed by atoms with E-state index >= 15 is 0 Å². The van der Waals surface area contributed by atoms with Crippen LogP contribution in [0.25, 0.3) is 10.6 Å². The maximum atomic E-state index is 12.2. The Bertz CT molecular complexity index is 990. The van der Waals surface area contributed by atoms with E-state index in [2.05, 4.69) is 10.3 Å². The molecule has 2 aromatic carbocycles. The topological polar surface area (TPSA) is 84.2 Å². The van der Waals surface area contributed by atoms with Crippen molar-refractivity contribution >= 4 is 22.9 Å². The van der Waals surface area contributed by atoms with Gasteiger partial charge in [-0.2, -0.15) is 5.26 Å². The average Bonchev–Trinajstić information content (AvgIpc) is 3.16. The molecule has 1 amide bonds. The van der Waals surface area contributed by atoms with E-state index < -0.39 is 0 Å². The van der Waals surface area contributed by atoms with Crippen LogP contribution in [0.3, 0.4) is 0 Å². The lowest BCUT2D eigenvalue weighted by Crippen LogP contribution is -2.14. The zero-order valence-corrected chi connectivity index (χ0v) is 15.7. The Kier molecular flexibility index (Phi) is 5.69. The summed E-state index contributed by atoms with van der Waals surface area (Å²) >= 11 is 1.46. The molecule has 27 heavy (non-hydrogen) atoms. The van der Waals surface area contributed by atoms with Gasteiger partial charge in [0, 0.05) is 16.6 Å². The van der Waals surface area contributed by atoms with Gasteiger partial charge in [-0.3, -0.25) is 4.79 Å². The Hall–Kier alpha value is -3.37. The lowest BCUT2D eigenvalue weighted by molar-refractivity contribution is -0.115. The van der Waals surface area contributed by atoms with Gasteiger partial charge in [0.1, 0.15) is 5.01 Å². The molecule has 0 bridgehead atoms. The summed E-state index contributed by atoms with van der Waals surface area (Å²) in [6.45, 7) is 0. The van der Waals surface area contributed by atoms with E-state index in [0.717, 1.165) is 10.6 Å².